The molecule has 9 heteroatoms. The Balaban J connectivity index is 1.34. The maximum Gasteiger partial charge on any atom is 0.278 e. The van der Waals surface area contributed by atoms with Crippen molar-refractivity contribution in [2.24, 2.45) is 17.6 Å². The number of hydrogen-bond acceptors (Lipinski definition) is 4. The van der Waals surface area contributed by atoms with E-state index in [0.29, 0.717) is 30.4 Å². The zero-order chi connectivity index (χ0) is 27.9. The number of hydrazone groups is 1. The molecule has 0 aliphatic carbocycles. The molecule has 1 aromatic heterocycles. The number of nitrogens with zero attached hydrogens (tertiary/aromatic N) is 4. The molecular formula is C31H29BrFN5O2. The third-order valence-electron chi connectivity index (χ3n) is 8.06. The second kappa shape index (κ2) is 10.6. The van der Waals surface area contributed by atoms with Crippen LogP contribution in [0.25, 0.3) is 0 Å². The molecule has 1 N–H and O–H groups in total. The van der Waals surface area contributed by atoms with Gasteiger partial charge in [-0.25, -0.2) is 9.40 Å². The maximum atomic E-state index is 14.1. The molecule has 2 aliphatic rings. The van der Waals surface area contributed by atoms with Gasteiger partial charge in [-0.15, -0.1) is 0 Å². The Labute approximate surface area is 240 Å². The van der Waals surface area contributed by atoms with Gasteiger partial charge in [-0.3, -0.25) is 24.3 Å². The quantitative estimate of drug-likeness (QED) is 0.329. The van der Waals surface area contributed by atoms with Crippen LogP contribution in [0.1, 0.15) is 41.3 Å². The molecule has 1 spiro atoms. The number of piperidine rings is 1. The van der Waals surface area contributed by atoms with E-state index < -0.39 is 5.41 Å². The lowest BCUT2D eigenvalue weighted by Gasteiger charge is -2.42. The van der Waals surface area contributed by atoms with Gasteiger partial charge in [0.15, 0.2) is 0 Å². The molecule has 1 unspecified atom stereocenters. The van der Waals surface area contributed by atoms with E-state index in [4.69, 9.17) is 5.10 Å². The first kappa shape index (κ1) is 26.4. The number of aromatic amines is 1. The molecule has 0 radical (unpaired) electrons. The van der Waals surface area contributed by atoms with E-state index in [1.165, 1.54) is 12.1 Å². The van der Waals surface area contributed by atoms with Crippen LogP contribution in [0.5, 0.6) is 0 Å². The van der Waals surface area contributed by atoms with Crippen molar-refractivity contribution >= 4 is 27.5 Å². The summed E-state index contributed by atoms with van der Waals surface area (Å²) in [5.41, 5.74) is 3.52. The van der Waals surface area contributed by atoms with Crippen molar-refractivity contribution in [1.82, 2.24) is 19.7 Å². The number of benzene rings is 3. The summed E-state index contributed by atoms with van der Waals surface area (Å²) in [5, 5.41) is 9.30. The second-order valence-electron chi connectivity index (χ2n) is 10.4. The van der Waals surface area contributed by atoms with Crippen molar-refractivity contribution in [3.8, 4) is 0 Å². The highest BCUT2D eigenvalue weighted by Gasteiger charge is 2.53. The number of likely N-dealkylation sites (tertiary alicyclic amines) is 1. The highest BCUT2D eigenvalue weighted by Crippen LogP contribution is 2.45. The molecule has 6 rings (SSSR count). The highest BCUT2D eigenvalue weighted by atomic mass is 79.9. The topological polar surface area (TPSA) is 73.7 Å². The van der Waals surface area contributed by atoms with Crippen molar-refractivity contribution in [2.45, 2.75) is 25.4 Å². The molecule has 204 valence electrons. The van der Waals surface area contributed by atoms with Crippen LogP contribution in [0.2, 0.25) is 0 Å². The van der Waals surface area contributed by atoms with Crippen molar-refractivity contribution in [3.05, 3.63) is 128 Å². The number of aryl methyl sites for hydroxylation is 1. The Bertz CT molecular complexity index is 1610. The lowest BCUT2D eigenvalue weighted by molar-refractivity contribution is -0.138. The number of hydrogen-bond donors (Lipinski definition) is 1. The summed E-state index contributed by atoms with van der Waals surface area (Å²) >= 11 is 3.52. The van der Waals surface area contributed by atoms with Gasteiger partial charge in [-0.05, 0) is 57.6 Å². The second-order valence-corrected chi connectivity index (χ2v) is 11.2. The minimum Gasteiger partial charge on any atom is -0.291 e. The molecule has 1 amide bonds. The van der Waals surface area contributed by atoms with Gasteiger partial charge in [0.1, 0.15) is 10.3 Å². The summed E-state index contributed by atoms with van der Waals surface area (Å²) in [6, 6.07) is 26.0. The van der Waals surface area contributed by atoms with E-state index in [-0.39, 0.29) is 29.9 Å². The van der Waals surface area contributed by atoms with Gasteiger partial charge in [-0.1, -0.05) is 72.8 Å². The maximum absolute atomic E-state index is 14.1. The molecule has 0 saturated carbocycles. The molecule has 40 heavy (non-hydrogen) atoms. The van der Waals surface area contributed by atoms with Crippen LogP contribution in [0.3, 0.4) is 0 Å². The van der Waals surface area contributed by atoms with Crippen LogP contribution >= 0.6 is 15.9 Å². The Morgan fingerprint density at radius 2 is 1.57 bits per heavy atom. The molecule has 1 atom stereocenters. The molecule has 1 saturated heterocycles. The van der Waals surface area contributed by atoms with Gasteiger partial charge in [-0.2, -0.15) is 5.10 Å². The van der Waals surface area contributed by atoms with Gasteiger partial charge in [0, 0.05) is 20.1 Å². The number of rotatable bonds is 6. The number of carbonyl (C=O) groups is 1. The summed E-state index contributed by atoms with van der Waals surface area (Å²) < 4.78 is 15.8. The zero-order valence-corrected chi connectivity index (χ0v) is 23.6. The molecule has 2 aliphatic heterocycles. The van der Waals surface area contributed by atoms with E-state index in [1.807, 2.05) is 55.6 Å². The summed E-state index contributed by atoms with van der Waals surface area (Å²) in [5.74, 6) is -0.338. The summed E-state index contributed by atoms with van der Waals surface area (Å²) in [4.78, 5) is 29.0. The third-order valence-corrected chi connectivity index (χ3v) is 8.82. The van der Waals surface area contributed by atoms with Gasteiger partial charge in [0.05, 0.1) is 29.4 Å². The van der Waals surface area contributed by atoms with Crippen molar-refractivity contribution in [2.75, 3.05) is 13.1 Å². The summed E-state index contributed by atoms with van der Waals surface area (Å²) in [7, 11) is 1.84. The molecular weight excluding hydrogens is 573 g/mol. The fraction of sp³-hybridized carbons (Fsp3) is 0.258. The first-order chi connectivity index (χ1) is 19.4. The minimum atomic E-state index is -0.764. The Kier molecular flexibility index (Phi) is 7.02. The van der Waals surface area contributed by atoms with Crippen molar-refractivity contribution in [3.63, 3.8) is 0 Å². The molecule has 3 aromatic carbocycles. The van der Waals surface area contributed by atoms with Gasteiger partial charge < -0.3 is 0 Å². The van der Waals surface area contributed by atoms with Gasteiger partial charge in [0.2, 0.25) is 0 Å². The Hall–Kier alpha value is -3.82. The lowest BCUT2D eigenvalue weighted by atomic mass is 9.71. The van der Waals surface area contributed by atoms with Crippen LogP contribution in [0, 0.1) is 11.2 Å². The van der Waals surface area contributed by atoms with Crippen molar-refractivity contribution in [1.29, 1.82) is 0 Å². The zero-order valence-electron chi connectivity index (χ0n) is 22.1. The molecule has 1 fully saturated rings. The average molecular weight is 603 g/mol. The van der Waals surface area contributed by atoms with Crippen LogP contribution in [0.15, 0.2) is 99.3 Å². The SMILES string of the molecule is Cn1[nH]c(=O)c(Br)c1C(c1ccccc1)N1CCC2(CC1)C(=O)N(Cc1ccc(F)cc1)N=C2c1ccccc1. The predicted octanol–water partition coefficient (Wildman–Crippen LogP) is 5.23. The highest BCUT2D eigenvalue weighted by molar-refractivity contribution is 9.10. The Morgan fingerprint density at radius 3 is 2.17 bits per heavy atom. The van der Waals surface area contributed by atoms with E-state index in [0.717, 1.165) is 28.1 Å². The largest absolute Gasteiger partial charge is 0.291 e. The molecule has 3 heterocycles. The first-order valence-electron chi connectivity index (χ1n) is 13.3. The van der Waals surface area contributed by atoms with Gasteiger partial charge >= 0.3 is 0 Å². The van der Waals surface area contributed by atoms with Crippen LogP contribution < -0.4 is 5.56 Å². The summed E-state index contributed by atoms with van der Waals surface area (Å²) in [6.07, 6.45) is 1.16. The van der Waals surface area contributed by atoms with Crippen LogP contribution in [-0.4, -0.2) is 44.4 Å². The number of nitrogens with one attached hydrogen (secondary N) is 1. The van der Waals surface area contributed by atoms with Gasteiger partial charge in [0.25, 0.3) is 11.5 Å². The fourth-order valence-corrected chi connectivity index (χ4v) is 6.60. The van der Waals surface area contributed by atoms with E-state index in [2.05, 4.69) is 38.1 Å². The number of H-pyrrole nitrogens is 1. The minimum absolute atomic E-state index is 0.0261. The Morgan fingerprint density at radius 1 is 0.950 bits per heavy atom. The number of carbonyl (C=O) groups excluding carboxylic acids is 1. The fourth-order valence-electron chi connectivity index (χ4n) is 6.03. The van der Waals surface area contributed by atoms with E-state index >= 15 is 0 Å². The summed E-state index contributed by atoms with van der Waals surface area (Å²) in [6.45, 7) is 1.55. The van der Waals surface area contributed by atoms with E-state index in [9.17, 15) is 14.0 Å². The predicted molar refractivity (Wildman–Crippen MR) is 155 cm³/mol. The number of halogens is 2. The number of amides is 1. The molecule has 7 nitrogen and oxygen atoms in total. The monoisotopic (exact) mass is 601 g/mol. The number of aromatic nitrogens is 2. The normalized spacial score (nSPS) is 17.8. The lowest BCUT2D eigenvalue weighted by Crippen LogP contribution is -2.50. The van der Waals surface area contributed by atoms with E-state index in [1.54, 1.807) is 21.8 Å². The van der Waals surface area contributed by atoms with Crippen LogP contribution in [-0.2, 0) is 18.4 Å². The third kappa shape index (κ3) is 4.63. The molecule has 0 bridgehead atoms. The average Bonchev–Trinajstić information content (AvgIpc) is 3.38. The van der Waals surface area contributed by atoms with Crippen LogP contribution in [0.4, 0.5) is 4.39 Å². The standard InChI is InChI=1S/C31H29BrFN5O2/c1-36-27(25(32)29(39)35-36)26(22-8-4-2-5-9-22)37-18-16-31(17-19-37)28(23-10-6-3-7-11-23)34-38(30(31)40)20-21-12-14-24(33)15-13-21/h2-15,26H,16-20H2,1H3,(H,35,39). The first-order valence-corrected chi connectivity index (χ1v) is 14.1. The smallest absolute Gasteiger partial charge is 0.278 e. The van der Waals surface area contributed by atoms with Crippen molar-refractivity contribution < 1.29 is 9.18 Å². The molecule has 4 aromatic rings.